The molecule has 0 aliphatic carbocycles. The molecule has 1 aliphatic heterocycles. The Balaban J connectivity index is 2.35. The van der Waals surface area contributed by atoms with Crippen molar-refractivity contribution in [3.8, 4) is 0 Å². The number of carbonyl (C=O) groups is 2. The van der Waals surface area contributed by atoms with Crippen LogP contribution in [0, 0.1) is 0 Å². The zero-order valence-electron chi connectivity index (χ0n) is 10.1. The lowest BCUT2D eigenvalue weighted by Crippen LogP contribution is -2.52. The number of piperazine rings is 1. The van der Waals surface area contributed by atoms with Crippen LogP contribution in [0.25, 0.3) is 0 Å². The van der Waals surface area contributed by atoms with Crippen molar-refractivity contribution >= 4 is 11.8 Å². The molecule has 0 aromatic heterocycles. The van der Waals surface area contributed by atoms with Gasteiger partial charge in [0.05, 0.1) is 13.1 Å². The van der Waals surface area contributed by atoms with Crippen molar-refractivity contribution in [2.45, 2.75) is 32.7 Å². The molecule has 0 aromatic rings. The quantitative estimate of drug-likeness (QED) is 0.679. The number of hydrogen-bond acceptors (Lipinski definition) is 3. The van der Waals surface area contributed by atoms with Gasteiger partial charge in [-0.15, -0.1) is 0 Å². The van der Waals surface area contributed by atoms with E-state index < -0.39 is 0 Å². The summed E-state index contributed by atoms with van der Waals surface area (Å²) >= 11 is 0. The topological polar surface area (TPSA) is 61.4 Å². The Morgan fingerprint density at radius 2 is 2.19 bits per heavy atom. The van der Waals surface area contributed by atoms with E-state index in [1.807, 2.05) is 13.8 Å². The Bertz CT molecular complexity index is 252. The van der Waals surface area contributed by atoms with E-state index in [2.05, 4.69) is 10.6 Å². The van der Waals surface area contributed by atoms with Gasteiger partial charge in [-0.25, -0.2) is 0 Å². The minimum atomic E-state index is -0.0519. The molecule has 2 amide bonds. The van der Waals surface area contributed by atoms with E-state index in [1.54, 1.807) is 4.90 Å². The largest absolute Gasteiger partial charge is 0.352 e. The molecule has 1 saturated heterocycles. The van der Waals surface area contributed by atoms with E-state index in [1.165, 1.54) is 0 Å². The zero-order chi connectivity index (χ0) is 12.0. The summed E-state index contributed by atoms with van der Waals surface area (Å²) in [7, 11) is 0. The number of amides is 2. The molecule has 1 fully saturated rings. The summed E-state index contributed by atoms with van der Waals surface area (Å²) in [4.78, 5) is 24.7. The number of nitrogens with zero attached hydrogens (tertiary/aromatic N) is 1. The minimum absolute atomic E-state index is 0.00551. The van der Waals surface area contributed by atoms with Crippen LogP contribution in [0.15, 0.2) is 0 Å². The number of hydrogen-bond donors (Lipinski definition) is 2. The first-order valence-corrected chi connectivity index (χ1v) is 5.95. The van der Waals surface area contributed by atoms with Gasteiger partial charge in [0, 0.05) is 19.1 Å². The van der Waals surface area contributed by atoms with Crippen molar-refractivity contribution in [2.24, 2.45) is 0 Å². The van der Waals surface area contributed by atoms with Gasteiger partial charge in [-0.1, -0.05) is 13.8 Å². The average molecular weight is 227 g/mol. The third kappa shape index (κ3) is 3.81. The maximum absolute atomic E-state index is 11.7. The summed E-state index contributed by atoms with van der Waals surface area (Å²) in [5, 5.41) is 5.91. The minimum Gasteiger partial charge on any atom is -0.352 e. The van der Waals surface area contributed by atoms with E-state index in [0.29, 0.717) is 13.1 Å². The maximum Gasteiger partial charge on any atom is 0.239 e. The first-order chi connectivity index (χ1) is 7.67. The van der Waals surface area contributed by atoms with Crippen molar-refractivity contribution in [3.05, 3.63) is 0 Å². The molecule has 0 bridgehead atoms. The lowest BCUT2D eigenvalue weighted by molar-refractivity contribution is -0.137. The Labute approximate surface area is 96.6 Å². The summed E-state index contributed by atoms with van der Waals surface area (Å²) in [5.74, 6) is -0.0464. The normalized spacial score (nSPS) is 16.7. The molecular formula is C11H21N3O2. The molecule has 0 aromatic carbocycles. The fourth-order valence-electron chi connectivity index (χ4n) is 1.75. The van der Waals surface area contributed by atoms with Gasteiger partial charge in [-0.05, 0) is 12.8 Å². The molecule has 0 radical (unpaired) electrons. The van der Waals surface area contributed by atoms with Gasteiger partial charge in [0.2, 0.25) is 11.8 Å². The molecule has 2 N–H and O–H groups in total. The molecule has 1 aliphatic rings. The van der Waals surface area contributed by atoms with Crippen molar-refractivity contribution in [1.82, 2.24) is 15.5 Å². The second-order valence-electron chi connectivity index (χ2n) is 4.07. The standard InChI is InChI=1S/C11H21N3O2/c1-3-9(4-2)13-10(15)8-14-6-5-12-7-11(14)16/h9,12H,3-8H2,1-2H3,(H,13,15). The highest BCUT2D eigenvalue weighted by atomic mass is 16.2. The monoisotopic (exact) mass is 227 g/mol. The van der Waals surface area contributed by atoms with Crippen molar-refractivity contribution in [3.63, 3.8) is 0 Å². The molecule has 5 heteroatoms. The highest BCUT2D eigenvalue weighted by Gasteiger charge is 2.20. The van der Waals surface area contributed by atoms with Crippen molar-refractivity contribution in [1.29, 1.82) is 0 Å². The lowest BCUT2D eigenvalue weighted by atomic mass is 10.2. The third-order valence-corrected chi connectivity index (χ3v) is 2.87. The molecule has 1 rings (SSSR count). The van der Waals surface area contributed by atoms with Crippen LogP contribution >= 0.6 is 0 Å². The van der Waals surface area contributed by atoms with Gasteiger partial charge in [0.25, 0.3) is 0 Å². The molecular weight excluding hydrogens is 206 g/mol. The van der Waals surface area contributed by atoms with Crippen molar-refractivity contribution in [2.75, 3.05) is 26.2 Å². The van der Waals surface area contributed by atoms with E-state index in [9.17, 15) is 9.59 Å². The molecule has 92 valence electrons. The summed E-state index contributed by atoms with van der Waals surface area (Å²) in [6, 6.07) is 0.227. The van der Waals surface area contributed by atoms with Crippen LogP contribution < -0.4 is 10.6 Å². The summed E-state index contributed by atoms with van der Waals surface area (Å²) in [6.07, 6.45) is 1.86. The molecule has 0 spiro atoms. The second-order valence-corrected chi connectivity index (χ2v) is 4.07. The van der Waals surface area contributed by atoms with Gasteiger partial charge >= 0.3 is 0 Å². The van der Waals surface area contributed by atoms with Gasteiger partial charge in [-0.2, -0.15) is 0 Å². The highest BCUT2D eigenvalue weighted by molar-refractivity contribution is 5.86. The summed E-state index contributed by atoms with van der Waals surface area (Å²) < 4.78 is 0. The molecule has 0 atom stereocenters. The maximum atomic E-state index is 11.7. The third-order valence-electron chi connectivity index (χ3n) is 2.87. The number of rotatable bonds is 5. The first kappa shape index (κ1) is 13.0. The van der Waals surface area contributed by atoms with Gasteiger partial charge in [0.1, 0.15) is 0 Å². The van der Waals surface area contributed by atoms with E-state index >= 15 is 0 Å². The van der Waals surface area contributed by atoms with Crippen molar-refractivity contribution < 1.29 is 9.59 Å². The molecule has 0 saturated carbocycles. The van der Waals surface area contributed by atoms with Crippen LogP contribution in [0.4, 0.5) is 0 Å². The smallest absolute Gasteiger partial charge is 0.239 e. The van der Waals surface area contributed by atoms with E-state index in [-0.39, 0.29) is 24.4 Å². The first-order valence-electron chi connectivity index (χ1n) is 5.95. The Morgan fingerprint density at radius 1 is 1.50 bits per heavy atom. The lowest BCUT2D eigenvalue weighted by Gasteiger charge is -2.27. The second kappa shape index (κ2) is 6.48. The average Bonchev–Trinajstić information content (AvgIpc) is 2.29. The number of nitrogens with one attached hydrogen (secondary N) is 2. The molecule has 0 unspecified atom stereocenters. The van der Waals surface area contributed by atoms with Crippen LogP contribution in [0.2, 0.25) is 0 Å². The predicted octanol–water partition coefficient (Wildman–Crippen LogP) is -0.277. The Kier molecular flexibility index (Phi) is 5.25. The van der Waals surface area contributed by atoms with Gasteiger partial charge in [0.15, 0.2) is 0 Å². The summed E-state index contributed by atoms with van der Waals surface area (Å²) in [6.45, 7) is 6.02. The highest BCUT2D eigenvalue weighted by Crippen LogP contribution is 1.98. The van der Waals surface area contributed by atoms with Crippen LogP contribution in [0.5, 0.6) is 0 Å². The predicted molar refractivity (Wildman–Crippen MR) is 62.0 cm³/mol. The van der Waals surface area contributed by atoms with E-state index in [4.69, 9.17) is 0 Å². The van der Waals surface area contributed by atoms with Crippen LogP contribution in [0.3, 0.4) is 0 Å². The Morgan fingerprint density at radius 3 is 2.75 bits per heavy atom. The SMILES string of the molecule is CCC(CC)NC(=O)CN1CCNCC1=O. The van der Waals surface area contributed by atoms with Gasteiger partial charge < -0.3 is 15.5 Å². The molecule has 5 nitrogen and oxygen atoms in total. The Hall–Kier alpha value is -1.10. The summed E-state index contributed by atoms with van der Waals surface area (Å²) in [5.41, 5.74) is 0. The zero-order valence-corrected chi connectivity index (χ0v) is 10.1. The molecule has 1 heterocycles. The van der Waals surface area contributed by atoms with Crippen LogP contribution in [-0.2, 0) is 9.59 Å². The fourth-order valence-corrected chi connectivity index (χ4v) is 1.75. The fraction of sp³-hybridized carbons (Fsp3) is 0.818. The van der Waals surface area contributed by atoms with Crippen LogP contribution in [0.1, 0.15) is 26.7 Å². The van der Waals surface area contributed by atoms with Gasteiger partial charge in [-0.3, -0.25) is 9.59 Å². The van der Waals surface area contributed by atoms with Crippen LogP contribution in [-0.4, -0.2) is 48.9 Å². The molecule has 16 heavy (non-hydrogen) atoms. The number of carbonyl (C=O) groups excluding carboxylic acids is 2. The van der Waals surface area contributed by atoms with E-state index in [0.717, 1.165) is 19.4 Å².